The lowest BCUT2D eigenvalue weighted by Gasteiger charge is -2.06. The van der Waals surface area contributed by atoms with Crippen molar-refractivity contribution < 1.29 is 14.6 Å². The van der Waals surface area contributed by atoms with E-state index in [9.17, 15) is 4.79 Å². The molecule has 0 unspecified atom stereocenters. The van der Waals surface area contributed by atoms with Gasteiger partial charge in [0.1, 0.15) is 12.3 Å². The van der Waals surface area contributed by atoms with Gasteiger partial charge in [0.25, 0.3) is 5.91 Å². The first-order valence-electron chi connectivity index (χ1n) is 6.47. The van der Waals surface area contributed by atoms with E-state index >= 15 is 0 Å². The number of rotatable bonds is 4. The van der Waals surface area contributed by atoms with E-state index in [0.717, 1.165) is 0 Å². The van der Waals surface area contributed by atoms with E-state index < -0.39 is 5.91 Å². The molecule has 3 N–H and O–H groups in total. The molecule has 2 aromatic rings. The Kier molecular flexibility index (Phi) is 4.74. The van der Waals surface area contributed by atoms with Crippen LogP contribution in [-0.4, -0.2) is 39.2 Å². The molecule has 0 atom stereocenters. The molecule has 0 saturated carbocycles. The molecule has 0 aromatic carbocycles. The van der Waals surface area contributed by atoms with Crippen LogP contribution >= 0.6 is 0 Å². The van der Waals surface area contributed by atoms with Gasteiger partial charge in [0.2, 0.25) is 0 Å². The molecule has 2 aromatic heterocycles. The van der Waals surface area contributed by atoms with Crippen LogP contribution in [0.25, 0.3) is 11.0 Å². The van der Waals surface area contributed by atoms with Crippen molar-refractivity contribution in [3.8, 4) is 17.9 Å². The molecule has 7 heteroatoms. The molecule has 0 aliphatic rings. The van der Waals surface area contributed by atoms with E-state index in [0.29, 0.717) is 29.2 Å². The number of fused-ring (bicyclic) bond motifs is 1. The number of aromatic nitrogens is 3. The van der Waals surface area contributed by atoms with E-state index in [1.807, 2.05) is 13.8 Å². The number of hydrogen-bond acceptors (Lipinski definition) is 5. The maximum atomic E-state index is 11.5. The molecule has 0 spiro atoms. The zero-order valence-corrected chi connectivity index (χ0v) is 11.8. The van der Waals surface area contributed by atoms with Crippen LogP contribution in [0.2, 0.25) is 0 Å². The average molecular weight is 288 g/mol. The normalized spacial score (nSPS) is 10.3. The van der Waals surface area contributed by atoms with Crippen molar-refractivity contribution >= 4 is 22.6 Å². The fraction of sp³-hybridized carbons (Fsp3) is 0.357. The first-order chi connectivity index (χ1) is 10.1. The van der Waals surface area contributed by atoms with Crippen LogP contribution in [0.5, 0.6) is 6.01 Å². The summed E-state index contributed by atoms with van der Waals surface area (Å²) in [5, 5.41) is 11.8. The van der Waals surface area contributed by atoms with Gasteiger partial charge in [-0.3, -0.25) is 4.79 Å². The zero-order valence-electron chi connectivity index (χ0n) is 11.8. The van der Waals surface area contributed by atoms with Crippen LogP contribution < -0.4 is 10.1 Å². The van der Waals surface area contributed by atoms with Gasteiger partial charge < -0.3 is 20.1 Å². The predicted octanol–water partition coefficient (Wildman–Crippen LogP) is 0.927. The Labute approximate surface area is 121 Å². The van der Waals surface area contributed by atoms with Crippen molar-refractivity contribution in [2.45, 2.75) is 13.8 Å². The minimum absolute atomic E-state index is 0.288. The zero-order chi connectivity index (χ0) is 15.2. The van der Waals surface area contributed by atoms with Gasteiger partial charge in [0.05, 0.1) is 17.7 Å². The highest BCUT2D eigenvalue weighted by atomic mass is 16.5. The quantitative estimate of drug-likeness (QED) is 0.727. The van der Waals surface area contributed by atoms with Gasteiger partial charge in [0, 0.05) is 12.4 Å². The highest BCUT2D eigenvalue weighted by molar-refractivity contribution is 6.08. The monoisotopic (exact) mass is 288 g/mol. The largest absolute Gasteiger partial charge is 0.463 e. The second-order valence-corrected chi connectivity index (χ2v) is 4.74. The summed E-state index contributed by atoms with van der Waals surface area (Å²) in [4.78, 5) is 22.7. The number of ether oxygens (including phenoxy) is 1. The molecule has 110 valence electrons. The maximum Gasteiger partial charge on any atom is 0.318 e. The summed E-state index contributed by atoms with van der Waals surface area (Å²) in [6.07, 6.45) is 3.17. The van der Waals surface area contributed by atoms with Crippen LogP contribution in [0.3, 0.4) is 0 Å². The molecule has 2 rings (SSSR count). The van der Waals surface area contributed by atoms with E-state index in [1.54, 1.807) is 12.4 Å². The van der Waals surface area contributed by atoms with Gasteiger partial charge in [-0.25, -0.2) is 4.98 Å². The molecule has 0 bridgehead atoms. The fourth-order valence-electron chi connectivity index (χ4n) is 1.58. The number of nitrogens with one attached hydrogen (secondary N) is 2. The minimum Gasteiger partial charge on any atom is -0.463 e. The topological polar surface area (TPSA) is 100 Å². The predicted molar refractivity (Wildman–Crippen MR) is 77.7 cm³/mol. The lowest BCUT2D eigenvalue weighted by Crippen LogP contribution is -2.08. The van der Waals surface area contributed by atoms with Gasteiger partial charge in [-0.1, -0.05) is 19.8 Å². The van der Waals surface area contributed by atoms with Crippen molar-refractivity contribution in [1.29, 1.82) is 0 Å². The van der Waals surface area contributed by atoms with E-state index in [1.165, 1.54) is 0 Å². The first-order valence-corrected chi connectivity index (χ1v) is 6.47. The maximum absolute atomic E-state index is 11.5. The Balaban J connectivity index is 2.15. The molecule has 7 nitrogen and oxygen atoms in total. The van der Waals surface area contributed by atoms with Crippen LogP contribution in [0.4, 0.5) is 5.69 Å². The number of aliphatic hydroxyl groups is 1. The number of carbonyl (C=O) groups is 1. The summed E-state index contributed by atoms with van der Waals surface area (Å²) < 4.78 is 5.44. The summed E-state index contributed by atoms with van der Waals surface area (Å²) >= 11 is 0. The van der Waals surface area contributed by atoms with Gasteiger partial charge in [-0.05, 0) is 11.8 Å². The van der Waals surface area contributed by atoms with Crippen molar-refractivity contribution in [2.24, 2.45) is 5.92 Å². The third-order valence-electron chi connectivity index (χ3n) is 2.48. The molecule has 2 heterocycles. The van der Waals surface area contributed by atoms with Crippen LogP contribution in [-0.2, 0) is 4.79 Å². The molecule has 0 aliphatic heterocycles. The Hall–Kier alpha value is -2.59. The standard InChI is InChI=1S/C14H16N4O3/c1-9(2)8-21-14-16-6-10-11(7-15-13(10)18-14)17-12(20)4-3-5-19/h6-7,9,19H,5,8H2,1-2H3,(H,17,20)(H,15,16,18). The molecule has 0 fully saturated rings. The van der Waals surface area contributed by atoms with Gasteiger partial charge in [-0.2, -0.15) is 4.98 Å². The van der Waals surface area contributed by atoms with Gasteiger partial charge in [0.15, 0.2) is 0 Å². The molecule has 0 radical (unpaired) electrons. The molecule has 1 amide bonds. The molecule has 0 saturated heterocycles. The van der Waals surface area contributed by atoms with Gasteiger partial charge >= 0.3 is 6.01 Å². The SMILES string of the molecule is CC(C)COc1ncc2c(NC(=O)C#CCO)c[nH]c2n1. The Bertz CT molecular complexity index is 697. The number of aromatic amines is 1. The highest BCUT2D eigenvalue weighted by Gasteiger charge is 2.09. The minimum atomic E-state index is -0.509. The first kappa shape index (κ1) is 14.8. The summed E-state index contributed by atoms with van der Waals surface area (Å²) in [5.41, 5.74) is 1.09. The van der Waals surface area contributed by atoms with E-state index in [2.05, 4.69) is 32.1 Å². The van der Waals surface area contributed by atoms with Crippen molar-refractivity contribution in [1.82, 2.24) is 15.0 Å². The summed E-state index contributed by atoms with van der Waals surface area (Å²) in [6.45, 7) is 4.25. The highest BCUT2D eigenvalue weighted by Crippen LogP contribution is 2.22. The number of nitrogens with zero attached hydrogens (tertiary/aromatic N) is 2. The Morgan fingerprint density at radius 3 is 3.10 bits per heavy atom. The van der Waals surface area contributed by atoms with Crippen LogP contribution in [0.15, 0.2) is 12.4 Å². The average Bonchev–Trinajstić information content (AvgIpc) is 2.85. The van der Waals surface area contributed by atoms with Crippen molar-refractivity contribution in [2.75, 3.05) is 18.5 Å². The third-order valence-corrected chi connectivity index (χ3v) is 2.48. The number of hydrogen-bond donors (Lipinski definition) is 3. The fourth-order valence-corrected chi connectivity index (χ4v) is 1.58. The van der Waals surface area contributed by atoms with Crippen LogP contribution in [0, 0.1) is 17.8 Å². The molecular formula is C14H16N4O3. The van der Waals surface area contributed by atoms with E-state index in [-0.39, 0.29) is 12.6 Å². The smallest absolute Gasteiger partial charge is 0.318 e. The number of anilines is 1. The van der Waals surface area contributed by atoms with Crippen molar-refractivity contribution in [3.05, 3.63) is 12.4 Å². The summed E-state index contributed by atoms with van der Waals surface area (Å²) in [5.74, 6) is 4.40. The lowest BCUT2D eigenvalue weighted by atomic mass is 10.2. The molecular weight excluding hydrogens is 272 g/mol. The summed E-state index contributed by atoms with van der Waals surface area (Å²) in [7, 11) is 0. The molecule has 21 heavy (non-hydrogen) atoms. The van der Waals surface area contributed by atoms with Crippen LogP contribution in [0.1, 0.15) is 13.8 Å². The second kappa shape index (κ2) is 6.72. The lowest BCUT2D eigenvalue weighted by molar-refractivity contribution is -0.111. The van der Waals surface area contributed by atoms with Crippen molar-refractivity contribution in [3.63, 3.8) is 0 Å². The Morgan fingerprint density at radius 2 is 2.38 bits per heavy atom. The number of amides is 1. The molecule has 0 aliphatic carbocycles. The van der Waals surface area contributed by atoms with Gasteiger partial charge in [-0.15, -0.1) is 0 Å². The number of carbonyl (C=O) groups excluding carboxylic acids is 1. The third kappa shape index (κ3) is 3.94. The number of aliphatic hydroxyl groups excluding tert-OH is 1. The summed E-state index contributed by atoms with van der Waals surface area (Å²) in [6, 6.07) is 0.288. The Morgan fingerprint density at radius 1 is 1.57 bits per heavy atom. The van der Waals surface area contributed by atoms with E-state index in [4.69, 9.17) is 9.84 Å². The number of H-pyrrole nitrogens is 1. The second-order valence-electron chi connectivity index (χ2n) is 4.74.